The fourth-order valence-corrected chi connectivity index (χ4v) is 4.41. The Morgan fingerprint density at radius 1 is 1.30 bits per heavy atom. The van der Waals surface area contributed by atoms with Crippen LogP contribution in [0.4, 0.5) is 0 Å². The maximum absolute atomic E-state index is 12.7. The summed E-state index contributed by atoms with van der Waals surface area (Å²) in [5, 5.41) is 3.64. The number of imidazole rings is 1. The lowest BCUT2D eigenvalue weighted by Gasteiger charge is -2.33. The van der Waals surface area contributed by atoms with Crippen LogP contribution in [-0.2, 0) is 16.1 Å². The largest absolute Gasteiger partial charge is 0.352 e. The van der Waals surface area contributed by atoms with Crippen molar-refractivity contribution < 1.29 is 9.59 Å². The van der Waals surface area contributed by atoms with Crippen LogP contribution in [0.3, 0.4) is 0 Å². The van der Waals surface area contributed by atoms with E-state index >= 15 is 0 Å². The lowest BCUT2D eigenvalue weighted by atomic mass is 10.0. The van der Waals surface area contributed by atoms with Gasteiger partial charge in [-0.1, -0.05) is 23.9 Å². The zero-order valence-corrected chi connectivity index (χ0v) is 17.1. The second-order valence-corrected chi connectivity index (χ2v) is 8.35. The van der Waals surface area contributed by atoms with E-state index in [9.17, 15) is 9.59 Å². The first kappa shape index (κ1) is 19.7. The molecule has 2 aromatic rings. The van der Waals surface area contributed by atoms with Gasteiger partial charge in [0.1, 0.15) is 6.54 Å². The summed E-state index contributed by atoms with van der Waals surface area (Å²) in [6.45, 7) is 7.05. The average molecular weight is 389 g/mol. The summed E-state index contributed by atoms with van der Waals surface area (Å²) in [4.78, 5) is 31.6. The maximum Gasteiger partial charge on any atom is 0.240 e. The number of carbonyl (C=O) groups is 2. The molecule has 27 heavy (non-hydrogen) atoms. The van der Waals surface area contributed by atoms with Crippen molar-refractivity contribution in [1.82, 2.24) is 19.8 Å². The molecule has 2 amide bonds. The molecule has 7 heteroatoms. The van der Waals surface area contributed by atoms with E-state index in [1.54, 1.807) is 0 Å². The van der Waals surface area contributed by atoms with Gasteiger partial charge in [-0.15, -0.1) is 0 Å². The molecule has 1 aromatic carbocycles. The molecule has 1 aliphatic rings. The maximum atomic E-state index is 12.7. The van der Waals surface area contributed by atoms with Crippen LogP contribution in [0.2, 0.25) is 0 Å². The van der Waals surface area contributed by atoms with Crippen LogP contribution < -0.4 is 5.32 Å². The number of aromatic nitrogens is 2. The Morgan fingerprint density at radius 2 is 2.07 bits per heavy atom. The van der Waals surface area contributed by atoms with E-state index in [0.717, 1.165) is 30.4 Å². The van der Waals surface area contributed by atoms with E-state index in [4.69, 9.17) is 0 Å². The van der Waals surface area contributed by atoms with Gasteiger partial charge in [0.05, 0.1) is 16.8 Å². The number of hydrogen-bond donors (Lipinski definition) is 1. The molecule has 1 aliphatic heterocycles. The molecule has 3 rings (SSSR count). The zero-order chi connectivity index (χ0) is 19.4. The Balaban J connectivity index is 1.76. The molecule has 1 saturated heterocycles. The molecule has 0 bridgehead atoms. The Morgan fingerprint density at radius 3 is 2.81 bits per heavy atom. The predicted molar refractivity (Wildman–Crippen MR) is 109 cm³/mol. The Hall–Kier alpha value is -2.02. The fraction of sp³-hybridized carbons (Fsp3) is 0.550. The molecule has 2 heterocycles. The summed E-state index contributed by atoms with van der Waals surface area (Å²) in [6.07, 6.45) is 3.35. The molecular weight excluding hydrogens is 360 g/mol. The summed E-state index contributed by atoms with van der Waals surface area (Å²) in [6, 6.07) is 8.17. The lowest BCUT2D eigenvalue weighted by Crippen LogP contribution is -2.43. The SMILES string of the molecule is CC(C)NC(=O)Cn1c(SCC(=O)N2CCCC[C@H]2C)nc2ccccc21. The third-order valence-electron chi connectivity index (χ3n) is 4.82. The minimum absolute atomic E-state index is 0.0500. The lowest BCUT2D eigenvalue weighted by molar-refractivity contribution is -0.131. The molecule has 0 unspecified atom stereocenters. The van der Waals surface area contributed by atoms with E-state index in [1.165, 1.54) is 18.2 Å². The van der Waals surface area contributed by atoms with Gasteiger partial charge in [0.25, 0.3) is 0 Å². The van der Waals surface area contributed by atoms with Crippen LogP contribution in [0.25, 0.3) is 11.0 Å². The van der Waals surface area contributed by atoms with Crippen LogP contribution in [0.5, 0.6) is 0 Å². The Kier molecular flexibility index (Phi) is 6.42. The molecule has 1 fully saturated rings. The standard InChI is InChI=1S/C20H28N4O2S/c1-14(2)21-18(25)12-24-17-10-5-4-9-16(17)22-20(24)27-13-19(26)23-11-7-6-8-15(23)3/h4-5,9-10,14-15H,6-8,11-13H2,1-3H3,(H,21,25)/t15-/m1/s1. The van der Waals surface area contributed by atoms with E-state index in [1.807, 2.05) is 47.6 Å². The quantitative estimate of drug-likeness (QED) is 0.773. The first-order valence-electron chi connectivity index (χ1n) is 9.62. The highest BCUT2D eigenvalue weighted by molar-refractivity contribution is 7.99. The van der Waals surface area contributed by atoms with E-state index in [2.05, 4.69) is 17.2 Å². The number of benzene rings is 1. The number of hydrogen-bond acceptors (Lipinski definition) is 4. The van der Waals surface area contributed by atoms with Crippen LogP contribution >= 0.6 is 11.8 Å². The minimum Gasteiger partial charge on any atom is -0.352 e. The molecule has 1 aromatic heterocycles. The molecule has 1 atom stereocenters. The van der Waals surface area contributed by atoms with Crippen LogP contribution in [-0.4, -0.2) is 50.6 Å². The van der Waals surface area contributed by atoms with Crippen LogP contribution in [0, 0.1) is 0 Å². The molecule has 0 aliphatic carbocycles. The van der Waals surface area contributed by atoms with Gasteiger partial charge < -0.3 is 14.8 Å². The molecule has 0 saturated carbocycles. The van der Waals surface area contributed by atoms with Gasteiger partial charge in [-0.3, -0.25) is 9.59 Å². The van der Waals surface area contributed by atoms with Gasteiger partial charge in [0, 0.05) is 18.6 Å². The Labute approximate surface area is 164 Å². The third-order valence-corrected chi connectivity index (χ3v) is 5.78. The van der Waals surface area contributed by atoms with Gasteiger partial charge in [0.2, 0.25) is 11.8 Å². The monoisotopic (exact) mass is 388 g/mol. The molecule has 1 N–H and O–H groups in total. The van der Waals surface area contributed by atoms with E-state index in [-0.39, 0.29) is 24.4 Å². The number of amides is 2. The summed E-state index contributed by atoms with van der Waals surface area (Å²) < 4.78 is 1.91. The number of nitrogens with one attached hydrogen (secondary N) is 1. The zero-order valence-electron chi connectivity index (χ0n) is 16.3. The van der Waals surface area contributed by atoms with Crippen molar-refractivity contribution in [2.45, 2.75) is 63.8 Å². The summed E-state index contributed by atoms with van der Waals surface area (Å²) in [5.74, 6) is 0.447. The van der Waals surface area contributed by atoms with Crippen molar-refractivity contribution in [3.8, 4) is 0 Å². The third kappa shape index (κ3) is 4.83. The predicted octanol–water partition coefficient (Wildman–Crippen LogP) is 3.05. The number of piperidine rings is 1. The van der Waals surface area contributed by atoms with Gasteiger partial charge >= 0.3 is 0 Å². The van der Waals surface area contributed by atoms with Gasteiger partial charge in [-0.25, -0.2) is 4.98 Å². The average Bonchev–Trinajstić information content (AvgIpc) is 2.97. The number of rotatable bonds is 6. The molecule has 0 radical (unpaired) electrons. The summed E-state index contributed by atoms with van der Waals surface area (Å²) >= 11 is 1.42. The summed E-state index contributed by atoms with van der Waals surface area (Å²) in [5.41, 5.74) is 1.76. The number of thioether (sulfide) groups is 1. The highest BCUT2D eigenvalue weighted by Gasteiger charge is 2.24. The number of nitrogens with zero attached hydrogens (tertiary/aromatic N) is 3. The highest BCUT2D eigenvalue weighted by atomic mass is 32.2. The number of likely N-dealkylation sites (tertiary alicyclic amines) is 1. The number of carbonyl (C=O) groups excluding carboxylic acids is 2. The minimum atomic E-state index is -0.0500. The Bertz CT molecular complexity index is 817. The van der Waals surface area contributed by atoms with Crippen molar-refractivity contribution in [2.24, 2.45) is 0 Å². The van der Waals surface area contributed by atoms with Crippen molar-refractivity contribution >= 4 is 34.6 Å². The molecule has 146 valence electrons. The second-order valence-electron chi connectivity index (χ2n) is 7.41. The fourth-order valence-electron chi connectivity index (χ4n) is 3.51. The van der Waals surface area contributed by atoms with Gasteiger partial charge in [-0.2, -0.15) is 0 Å². The van der Waals surface area contributed by atoms with Gasteiger partial charge in [-0.05, 0) is 52.2 Å². The van der Waals surface area contributed by atoms with E-state index in [0.29, 0.717) is 17.0 Å². The van der Waals surface area contributed by atoms with Crippen LogP contribution in [0.15, 0.2) is 29.4 Å². The van der Waals surface area contributed by atoms with Crippen LogP contribution in [0.1, 0.15) is 40.0 Å². The van der Waals surface area contributed by atoms with Crippen molar-refractivity contribution in [1.29, 1.82) is 0 Å². The highest BCUT2D eigenvalue weighted by Crippen LogP contribution is 2.25. The van der Waals surface area contributed by atoms with Crippen molar-refractivity contribution in [3.63, 3.8) is 0 Å². The number of fused-ring (bicyclic) bond motifs is 1. The van der Waals surface area contributed by atoms with E-state index < -0.39 is 0 Å². The topological polar surface area (TPSA) is 67.2 Å². The summed E-state index contributed by atoms with van der Waals surface area (Å²) in [7, 11) is 0. The van der Waals surface area contributed by atoms with Gasteiger partial charge in [0.15, 0.2) is 5.16 Å². The normalized spacial score (nSPS) is 17.5. The second kappa shape index (κ2) is 8.78. The first-order valence-corrected chi connectivity index (χ1v) is 10.6. The smallest absolute Gasteiger partial charge is 0.240 e. The first-order chi connectivity index (χ1) is 13.0. The molecular formula is C20H28N4O2S. The molecule has 0 spiro atoms. The van der Waals surface area contributed by atoms with Crippen molar-refractivity contribution in [3.05, 3.63) is 24.3 Å². The molecule has 6 nitrogen and oxygen atoms in total. The van der Waals surface area contributed by atoms with Crippen molar-refractivity contribution in [2.75, 3.05) is 12.3 Å². The number of para-hydroxylation sites is 2.